The summed E-state index contributed by atoms with van der Waals surface area (Å²) in [7, 11) is 0. The third-order valence-corrected chi connectivity index (χ3v) is 4.43. The topological polar surface area (TPSA) is 70.2 Å². The van der Waals surface area contributed by atoms with Crippen LogP contribution >= 0.6 is 0 Å². The lowest BCUT2D eigenvalue weighted by Gasteiger charge is -2.34. The van der Waals surface area contributed by atoms with Gasteiger partial charge in [0.25, 0.3) is 5.91 Å². The predicted octanol–water partition coefficient (Wildman–Crippen LogP) is 2.40. The van der Waals surface area contributed by atoms with Crippen molar-refractivity contribution in [1.29, 1.82) is 0 Å². The highest BCUT2D eigenvalue weighted by molar-refractivity contribution is 5.96. The SMILES string of the molecule is CC(C)C(=O)Nc1ccc(C(=O)NCC2(C)CCNCC2)cc1. The Bertz CT molecular complexity index is 546. The molecule has 126 valence electrons. The molecular weight excluding hydrogens is 290 g/mol. The lowest BCUT2D eigenvalue weighted by atomic mass is 9.81. The van der Waals surface area contributed by atoms with E-state index in [1.165, 1.54) is 0 Å². The molecule has 5 heteroatoms. The third-order valence-electron chi connectivity index (χ3n) is 4.43. The van der Waals surface area contributed by atoms with Gasteiger partial charge in [-0.15, -0.1) is 0 Å². The van der Waals surface area contributed by atoms with E-state index in [0.29, 0.717) is 17.8 Å². The van der Waals surface area contributed by atoms with Crippen molar-refractivity contribution < 1.29 is 9.59 Å². The molecule has 0 aromatic heterocycles. The van der Waals surface area contributed by atoms with E-state index in [9.17, 15) is 9.59 Å². The Kier molecular flexibility index (Phi) is 5.77. The Morgan fingerprint density at radius 2 is 1.78 bits per heavy atom. The summed E-state index contributed by atoms with van der Waals surface area (Å²) >= 11 is 0. The molecular formula is C18H27N3O2. The molecule has 1 fully saturated rings. The van der Waals surface area contributed by atoms with Crippen LogP contribution in [0.2, 0.25) is 0 Å². The van der Waals surface area contributed by atoms with E-state index in [1.807, 2.05) is 13.8 Å². The first-order chi connectivity index (χ1) is 10.9. The van der Waals surface area contributed by atoms with E-state index in [2.05, 4.69) is 22.9 Å². The van der Waals surface area contributed by atoms with Crippen molar-refractivity contribution >= 4 is 17.5 Å². The van der Waals surface area contributed by atoms with Crippen LogP contribution in [0.3, 0.4) is 0 Å². The molecule has 1 aromatic rings. The van der Waals surface area contributed by atoms with Gasteiger partial charge in [-0.1, -0.05) is 20.8 Å². The number of amides is 2. The van der Waals surface area contributed by atoms with Gasteiger partial charge in [-0.05, 0) is 55.6 Å². The standard InChI is InChI=1S/C18H27N3O2/c1-13(2)16(22)21-15-6-4-14(5-7-15)17(23)20-12-18(3)8-10-19-11-9-18/h4-7,13,19H,8-12H2,1-3H3,(H,20,23)(H,21,22). The molecule has 2 rings (SSSR count). The zero-order chi connectivity index (χ0) is 16.9. The normalized spacial score (nSPS) is 16.9. The molecule has 1 aliphatic heterocycles. The number of rotatable bonds is 5. The third kappa shape index (κ3) is 5.06. The molecule has 0 spiro atoms. The maximum Gasteiger partial charge on any atom is 0.251 e. The number of nitrogens with one attached hydrogen (secondary N) is 3. The van der Waals surface area contributed by atoms with E-state index >= 15 is 0 Å². The van der Waals surface area contributed by atoms with Crippen molar-refractivity contribution in [3.05, 3.63) is 29.8 Å². The molecule has 1 saturated heterocycles. The van der Waals surface area contributed by atoms with Gasteiger partial charge in [0.2, 0.25) is 5.91 Å². The number of anilines is 1. The number of carbonyl (C=O) groups is 2. The summed E-state index contributed by atoms with van der Waals surface area (Å²) in [6.07, 6.45) is 2.15. The molecule has 0 saturated carbocycles. The van der Waals surface area contributed by atoms with E-state index in [1.54, 1.807) is 24.3 Å². The minimum atomic E-state index is -0.0660. The maximum atomic E-state index is 12.3. The van der Waals surface area contributed by atoms with Gasteiger partial charge in [0.05, 0.1) is 0 Å². The zero-order valence-corrected chi connectivity index (χ0v) is 14.2. The van der Waals surface area contributed by atoms with E-state index < -0.39 is 0 Å². The van der Waals surface area contributed by atoms with Crippen LogP contribution in [0.15, 0.2) is 24.3 Å². The second-order valence-electron chi connectivity index (χ2n) is 6.96. The van der Waals surface area contributed by atoms with Crippen LogP contribution in [-0.4, -0.2) is 31.4 Å². The van der Waals surface area contributed by atoms with Gasteiger partial charge in [0.15, 0.2) is 0 Å². The van der Waals surface area contributed by atoms with Crippen molar-refractivity contribution in [2.45, 2.75) is 33.6 Å². The lowest BCUT2D eigenvalue weighted by Crippen LogP contribution is -2.42. The smallest absolute Gasteiger partial charge is 0.251 e. The zero-order valence-electron chi connectivity index (χ0n) is 14.2. The Hall–Kier alpha value is -1.88. The fraction of sp³-hybridized carbons (Fsp3) is 0.556. The Morgan fingerprint density at radius 3 is 2.35 bits per heavy atom. The van der Waals surface area contributed by atoms with Crippen LogP contribution in [0.25, 0.3) is 0 Å². The Labute approximate surface area is 138 Å². The van der Waals surface area contributed by atoms with E-state index in [0.717, 1.165) is 25.9 Å². The Balaban J connectivity index is 1.88. The van der Waals surface area contributed by atoms with Gasteiger partial charge in [0, 0.05) is 23.7 Å². The molecule has 1 aliphatic rings. The average molecular weight is 317 g/mol. The molecule has 5 nitrogen and oxygen atoms in total. The van der Waals surface area contributed by atoms with Crippen LogP contribution < -0.4 is 16.0 Å². The van der Waals surface area contributed by atoms with Crippen LogP contribution in [0.1, 0.15) is 44.0 Å². The van der Waals surface area contributed by atoms with Crippen molar-refractivity contribution in [3.63, 3.8) is 0 Å². The highest BCUT2D eigenvalue weighted by Gasteiger charge is 2.27. The highest BCUT2D eigenvalue weighted by atomic mass is 16.2. The summed E-state index contributed by atoms with van der Waals surface area (Å²) in [4.78, 5) is 23.9. The van der Waals surface area contributed by atoms with Gasteiger partial charge in [-0.25, -0.2) is 0 Å². The molecule has 1 heterocycles. The molecule has 0 unspecified atom stereocenters. The number of hydrogen-bond donors (Lipinski definition) is 3. The summed E-state index contributed by atoms with van der Waals surface area (Å²) in [6.45, 7) is 8.63. The first kappa shape index (κ1) is 17.5. The molecule has 1 aromatic carbocycles. The monoisotopic (exact) mass is 317 g/mol. The predicted molar refractivity (Wildman–Crippen MR) is 92.5 cm³/mol. The summed E-state index contributed by atoms with van der Waals surface area (Å²) in [6, 6.07) is 7.02. The molecule has 2 amide bonds. The second-order valence-corrected chi connectivity index (χ2v) is 6.96. The lowest BCUT2D eigenvalue weighted by molar-refractivity contribution is -0.118. The summed E-state index contributed by atoms with van der Waals surface area (Å²) < 4.78 is 0. The van der Waals surface area contributed by atoms with E-state index in [4.69, 9.17) is 0 Å². The molecule has 0 radical (unpaired) electrons. The fourth-order valence-corrected chi connectivity index (χ4v) is 2.59. The van der Waals surface area contributed by atoms with Crippen LogP contribution in [0, 0.1) is 11.3 Å². The summed E-state index contributed by atoms with van der Waals surface area (Å²) in [5, 5.41) is 9.19. The van der Waals surface area contributed by atoms with Crippen molar-refractivity contribution in [2.24, 2.45) is 11.3 Å². The Morgan fingerprint density at radius 1 is 1.17 bits per heavy atom. The van der Waals surface area contributed by atoms with Gasteiger partial charge in [-0.3, -0.25) is 9.59 Å². The van der Waals surface area contributed by atoms with Gasteiger partial charge in [-0.2, -0.15) is 0 Å². The van der Waals surface area contributed by atoms with Crippen LogP contribution in [-0.2, 0) is 4.79 Å². The minimum absolute atomic E-state index is 0.0268. The number of piperidine rings is 1. The number of carbonyl (C=O) groups excluding carboxylic acids is 2. The molecule has 0 atom stereocenters. The van der Waals surface area contributed by atoms with Crippen LogP contribution in [0.4, 0.5) is 5.69 Å². The summed E-state index contributed by atoms with van der Waals surface area (Å²) in [5.74, 6) is -0.156. The van der Waals surface area contributed by atoms with Crippen molar-refractivity contribution in [3.8, 4) is 0 Å². The van der Waals surface area contributed by atoms with Crippen molar-refractivity contribution in [1.82, 2.24) is 10.6 Å². The van der Waals surface area contributed by atoms with Gasteiger partial charge < -0.3 is 16.0 Å². The molecule has 0 bridgehead atoms. The second kappa shape index (κ2) is 7.59. The van der Waals surface area contributed by atoms with Gasteiger partial charge >= 0.3 is 0 Å². The van der Waals surface area contributed by atoms with Crippen molar-refractivity contribution in [2.75, 3.05) is 25.0 Å². The molecule has 23 heavy (non-hydrogen) atoms. The first-order valence-corrected chi connectivity index (χ1v) is 8.29. The van der Waals surface area contributed by atoms with Crippen LogP contribution in [0.5, 0.6) is 0 Å². The molecule has 3 N–H and O–H groups in total. The highest BCUT2D eigenvalue weighted by Crippen LogP contribution is 2.26. The largest absolute Gasteiger partial charge is 0.351 e. The van der Waals surface area contributed by atoms with Gasteiger partial charge in [0.1, 0.15) is 0 Å². The average Bonchev–Trinajstić information content (AvgIpc) is 2.54. The van der Waals surface area contributed by atoms with E-state index in [-0.39, 0.29) is 23.1 Å². The molecule has 0 aliphatic carbocycles. The fourth-order valence-electron chi connectivity index (χ4n) is 2.59. The number of hydrogen-bond acceptors (Lipinski definition) is 3. The first-order valence-electron chi connectivity index (χ1n) is 8.29. The minimum Gasteiger partial charge on any atom is -0.351 e. The number of benzene rings is 1. The summed E-state index contributed by atoms with van der Waals surface area (Å²) in [5.41, 5.74) is 1.50. The maximum absolute atomic E-state index is 12.3. The quantitative estimate of drug-likeness (QED) is 0.781.